The van der Waals surface area contributed by atoms with Crippen LogP contribution in [0.1, 0.15) is 34.1 Å². The highest BCUT2D eigenvalue weighted by molar-refractivity contribution is 9.10. The highest BCUT2D eigenvalue weighted by Crippen LogP contribution is 2.28. The Morgan fingerprint density at radius 3 is 2.16 bits per heavy atom. The maximum Gasteiger partial charge on any atom is 0.269 e. The summed E-state index contributed by atoms with van der Waals surface area (Å²) < 4.78 is 11.7. The summed E-state index contributed by atoms with van der Waals surface area (Å²) in [7, 11) is 1.51. The second-order valence-electron chi connectivity index (χ2n) is 5.13. The highest BCUT2D eigenvalue weighted by atomic mass is 79.9. The average molecular weight is 407 g/mol. The van der Waals surface area contributed by atoms with Crippen molar-refractivity contribution in [1.29, 1.82) is 0 Å². The van der Waals surface area contributed by atoms with Crippen LogP contribution in [0.15, 0.2) is 46.9 Å². The average Bonchev–Trinajstić information content (AvgIpc) is 2.64. The Balaban J connectivity index is 2.00. The molecule has 0 unspecified atom stereocenters. The van der Waals surface area contributed by atoms with Crippen molar-refractivity contribution in [2.75, 3.05) is 13.7 Å². The minimum Gasteiger partial charge on any atom is -0.493 e. The van der Waals surface area contributed by atoms with Crippen LogP contribution in [0.5, 0.6) is 11.5 Å². The van der Waals surface area contributed by atoms with E-state index in [9.17, 15) is 9.59 Å². The van der Waals surface area contributed by atoms with E-state index in [0.717, 1.165) is 10.9 Å². The van der Waals surface area contributed by atoms with Crippen molar-refractivity contribution in [1.82, 2.24) is 10.9 Å². The van der Waals surface area contributed by atoms with Gasteiger partial charge in [0.05, 0.1) is 13.7 Å². The molecule has 25 heavy (non-hydrogen) atoms. The van der Waals surface area contributed by atoms with Crippen molar-refractivity contribution in [2.24, 2.45) is 0 Å². The van der Waals surface area contributed by atoms with Gasteiger partial charge in [0.2, 0.25) is 0 Å². The molecule has 132 valence electrons. The van der Waals surface area contributed by atoms with Crippen molar-refractivity contribution in [2.45, 2.75) is 13.3 Å². The van der Waals surface area contributed by atoms with E-state index in [2.05, 4.69) is 26.8 Å². The van der Waals surface area contributed by atoms with E-state index in [-0.39, 0.29) is 0 Å². The largest absolute Gasteiger partial charge is 0.493 e. The lowest BCUT2D eigenvalue weighted by Gasteiger charge is -2.12. The molecule has 0 aliphatic rings. The number of hydrogen-bond acceptors (Lipinski definition) is 4. The maximum atomic E-state index is 12.2. The normalized spacial score (nSPS) is 10.0. The third-order valence-corrected chi connectivity index (χ3v) is 3.81. The van der Waals surface area contributed by atoms with Crippen molar-refractivity contribution in [3.63, 3.8) is 0 Å². The summed E-state index contributed by atoms with van der Waals surface area (Å²) in [5, 5.41) is 0. The van der Waals surface area contributed by atoms with Crippen LogP contribution in [0.25, 0.3) is 0 Å². The Labute approximate surface area is 154 Å². The van der Waals surface area contributed by atoms with E-state index in [0.29, 0.717) is 29.2 Å². The van der Waals surface area contributed by atoms with E-state index in [4.69, 9.17) is 9.47 Å². The van der Waals surface area contributed by atoms with E-state index in [1.54, 1.807) is 42.5 Å². The summed E-state index contributed by atoms with van der Waals surface area (Å²) in [5.74, 6) is 0.168. The molecule has 0 aromatic heterocycles. The number of carbonyl (C=O) groups is 2. The molecule has 2 aromatic carbocycles. The van der Waals surface area contributed by atoms with Crippen LogP contribution in [0.4, 0.5) is 0 Å². The minimum atomic E-state index is -0.453. The molecule has 0 bridgehead atoms. The van der Waals surface area contributed by atoms with Gasteiger partial charge in [-0.25, -0.2) is 0 Å². The molecule has 2 rings (SSSR count). The first kappa shape index (κ1) is 18.8. The number of halogens is 1. The zero-order valence-electron chi connectivity index (χ0n) is 14.0. The van der Waals surface area contributed by atoms with Gasteiger partial charge in [0.25, 0.3) is 11.8 Å². The summed E-state index contributed by atoms with van der Waals surface area (Å²) in [5.41, 5.74) is 5.54. The quantitative estimate of drug-likeness (QED) is 0.721. The number of hydrogen-bond donors (Lipinski definition) is 2. The summed E-state index contributed by atoms with van der Waals surface area (Å²) >= 11 is 3.30. The number of nitrogens with one attached hydrogen (secondary N) is 2. The molecule has 6 nitrogen and oxygen atoms in total. The lowest BCUT2D eigenvalue weighted by Crippen LogP contribution is -2.41. The van der Waals surface area contributed by atoms with Gasteiger partial charge in [-0.3, -0.25) is 20.4 Å². The number of benzene rings is 2. The molecule has 0 saturated carbocycles. The standard InChI is InChI=1S/C18H19BrN2O4/c1-3-10-25-15-9-6-13(11-16(15)24-2)18(23)21-20-17(22)12-4-7-14(19)8-5-12/h4-9,11H,3,10H2,1-2H3,(H,20,22)(H,21,23). The van der Waals surface area contributed by atoms with Crippen molar-refractivity contribution >= 4 is 27.7 Å². The van der Waals surface area contributed by atoms with Crippen molar-refractivity contribution < 1.29 is 19.1 Å². The van der Waals surface area contributed by atoms with Gasteiger partial charge in [-0.1, -0.05) is 22.9 Å². The molecule has 0 heterocycles. The molecular weight excluding hydrogens is 388 g/mol. The van der Waals surface area contributed by atoms with Crippen LogP contribution in [-0.2, 0) is 0 Å². The summed E-state index contributed by atoms with van der Waals surface area (Å²) in [6.45, 7) is 2.56. The fourth-order valence-electron chi connectivity index (χ4n) is 2.00. The Kier molecular flexibility index (Phi) is 6.82. The van der Waals surface area contributed by atoms with Gasteiger partial charge in [-0.05, 0) is 48.9 Å². The summed E-state index contributed by atoms with van der Waals surface area (Å²) in [4.78, 5) is 24.2. The number of rotatable bonds is 6. The molecule has 0 spiro atoms. The smallest absolute Gasteiger partial charge is 0.269 e. The number of methoxy groups -OCH3 is 1. The second-order valence-corrected chi connectivity index (χ2v) is 6.04. The summed E-state index contributed by atoms with van der Waals surface area (Å²) in [6, 6.07) is 11.6. The topological polar surface area (TPSA) is 76.7 Å². The molecule has 0 atom stereocenters. The molecular formula is C18H19BrN2O4. The SMILES string of the molecule is CCCOc1ccc(C(=O)NNC(=O)c2ccc(Br)cc2)cc1OC. The van der Waals surface area contributed by atoms with Crippen LogP contribution in [0.3, 0.4) is 0 Å². The fraction of sp³-hybridized carbons (Fsp3) is 0.222. The maximum absolute atomic E-state index is 12.2. The first-order valence-corrected chi connectivity index (χ1v) is 8.51. The van der Waals surface area contributed by atoms with E-state index in [1.807, 2.05) is 6.92 Å². The number of amides is 2. The van der Waals surface area contributed by atoms with Crippen LogP contribution in [-0.4, -0.2) is 25.5 Å². The molecule has 2 amide bonds. The highest BCUT2D eigenvalue weighted by Gasteiger charge is 2.12. The van der Waals surface area contributed by atoms with Gasteiger partial charge in [-0.15, -0.1) is 0 Å². The van der Waals surface area contributed by atoms with Crippen LogP contribution in [0, 0.1) is 0 Å². The molecule has 0 radical (unpaired) electrons. The van der Waals surface area contributed by atoms with Gasteiger partial charge in [-0.2, -0.15) is 0 Å². The molecule has 2 aromatic rings. The van der Waals surface area contributed by atoms with Crippen LogP contribution >= 0.6 is 15.9 Å². The monoisotopic (exact) mass is 406 g/mol. The minimum absolute atomic E-state index is 0.344. The van der Waals surface area contributed by atoms with E-state index < -0.39 is 11.8 Å². The Morgan fingerprint density at radius 1 is 0.960 bits per heavy atom. The van der Waals surface area contributed by atoms with Gasteiger partial charge in [0.1, 0.15) is 0 Å². The number of carbonyl (C=O) groups excluding carboxylic acids is 2. The Morgan fingerprint density at radius 2 is 1.56 bits per heavy atom. The van der Waals surface area contributed by atoms with Crippen LogP contribution in [0.2, 0.25) is 0 Å². The third-order valence-electron chi connectivity index (χ3n) is 3.28. The molecule has 0 saturated heterocycles. The Bertz CT molecular complexity index is 747. The predicted molar refractivity (Wildman–Crippen MR) is 97.9 cm³/mol. The molecule has 2 N–H and O–H groups in total. The van der Waals surface area contributed by atoms with Gasteiger partial charge in [0, 0.05) is 15.6 Å². The third kappa shape index (κ3) is 5.22. The molecule has 7 heteroatoms. The molecule has 0 aliphatic heterocycles. The number of hydrazine groups is 1. The first-order chi connectivity index (χ1) is 12.0. The summed E-state index contributed by atoms with van der Waals surface area (Å²) in [6.07, 6.45) is 0.869. The number of ether oxygens (including phenoxy) is 2. The van der Waals surface area contributed by atoms with E-state index >= 15 is 0 Å². The lowest BCUT2D eigenvalue weighted by molar-refractivity contribution is 0.0846. The molecule has 0 fully saturated rings. The Hall–Kier alpha value is -2.54. The van der Waals surface area contributed by atoms with Crippen molar-refractivity contribution in [3.05, 3.63) is 58.1 Å². The zero-order valence-corrected chi connectivity index (χ0v) is 15.6. The van der Waals surface area contributed by atoms with Crippen molar-refractivity contribution in [3.8, 4) is 11.5 Å². The second kappa shape index (κ2) is 9.08. The predicted octanol–water partition coefficient (Wildman–Crippen LogP) is 3.32. The zero-order chi connectivity index (χ0) is 18.2. The van der Waals surface area contributed by atoms with Gasteiger partial charge in [0.15, 0.2) is 11.5 Å². The molecule has 0 aliphatic carbocycles. The van der Waals surface area contributed by atoms with Gasteiger partial charge >= 0.3 is 0 Å². The fourth-order valence-corrected chi connectivity index (χ4v) is 2.26. The first-order valence-electron chi connectivity index (χ1n) is 7.72. The lowest BCUT2D eigenvalue weighted by atomic mass is 10.2. The van der Waals surface area contributed by atoms with Crippen LogP contribution < -0.4 is 20.3 Å². The van der Waals surface area contributed by atoms with E-state index in [1.165, 1.54) is 7.11 Å². The van der Waals surface area contributed by atoms with Gasteiger partial charge < -0.3 is 9.47 Å².